The van der Waals surface area contributed by atoms with Crippen LogP contribution in [0.15, 0.2) is 23.8 Å². The number of hydrogen-bond acceptors (Lipinski definition) is 4. The summed E-state index contributed by atoms with van der Waals surface area (Å²) in [5, 5.41) is 11.4. The molecular weight excluding hydrogens is 380 g/mol. The lowest BCUT2D eigenvalue weighted by Crippen LogP contribution is -2.50. The number of aliphatic hydroxyl groups is 1. The summed E-state index contributed by atoms with van der Waals surface area (Å²) >= 11 is 0. The van der Waals surface area contributed by atoms with Gasteiger partial charge in [0.2, 0.25) is 5.91 Å². The summed E-state index contributed by atoms with van der Waals surface area (Å²) in [6, 6.07) is 0. The van der Waals surface area contributed by atoms with Crippen LogP contribution in [0, 0.1) is 29.6 Å². The molecule has 2 aliphatic heterocycles. The van der Waals surface area contributed by atoms with Crippen LogP contribution in [0.2, 0.25) is 0 Å². The van der Waals surface area contributed by atoms with Gasteiger partial charge in [-0.3, -0.25) is 14.4 Å². The molecule has 164 valence electrons. The highest BCUT2D eigenvalue weighted by Gasteiger charge is 2.58. The van der Waals surface area contributed by atoms with Crippen LogP contribution in [0.1, 0.15) is 52.9 Å². The van der Waals surface area contributed by atoms with Gasteiger partial charge in [0.1, 0.15) is 0 Å². The first-order valence-electron chi connectivity index (χ1n) is 11.6. The van der Waals surface area contributed by atoms with E-state index >= 15 is 0 Å². The molecule has 0 aromatic heterocycles. The van der Waals surface area contributed by atoms with Crippen molar-refractivity contribution in [1.29, 1.82) is 0 Å². The number of amides is 2. The molecule has 2 aliphatic carbocycles. The summed E-state index contributed by atoms with van der Waals surface area (Å²) in [5.41, 5.74) is -1.59. The Hall–Kier alpha value is -1.95. The number of Topliss-reactive ketones (excluding diaryl/α,β-unsaturated/α-hetero) is 1. The lowest BCUT2D eigenvalue weighted by Gasteiger charge is -2.40. The SMILES string of the molecule is CCN(CC)C(=O)[C@@H]1CCN2C(=O)C(C(=O)C3[C@H]4CCCC[C@@H]4C=C[C@@H]3C)=C[C@]12O. The second-order valence-corrected chi connectivity index (χ2v) is 9.40. The van der Waals surface area contributed by atoms with E-state index in [9.17, 15) is 19.5 Å². The molecule has 0 aromatic carbocycles. The van der Waals surface area contributed by atoms with Gasteiger partial charge in [0.05, 0.1) is 11.5 Å². The summed E-state index contributed by atoms with van der Waals surface area (Å²) in [7, 11) is 0. The van der Waals surface area contributed by atoms with Crippen molar-refractivity contribution in [2.75, 3.05) is 19.6 Å². The Morgan fingerprint density at radius 1 is 1.17 bits per heavy atom. The summed E-state index contributed by atoms with van der Waals surface area (Å²) < 4.78 is 0. The van der Waals surface area contributed by atoms with Gasteiger partial charge in [0.15, 0.2) is 11.5 Å². The van der Waals surface area contributed by atoms with Gasteiger partial charge in [0.25, 0.3) is 5.91 Å². The van der Waals surface area contributed by atoms with Gasteiger partial charge in [-0.15, -0.1) is 0 Å². The molecule has 30 heavy (non-hydrogen) atoms. The Morgan fingerprint density at radius 2 is 1.87 bits per heavy atom. The van der Waals surface area contributed by atoms with E-state index in [2.05, 4.69) is 12.2 Å². The zero-order valence-electron chi connectivity index (χ0n) is 18.3. The van der Waals surface area contributed by atoms with E-state index in [0.29, 0.717) is 32.0 Å². The van der Waals surface area contributed by atoms with Crippen LogP contribution in [0.5, 0.6) is 0 Å². The molecule has 2 amide bonds. The second-order valence-electron chi connectivity index (χ2n) is 9.40. The summed E-state index contributed by atoms with van der Waals surface area (Å²) in [6.45, 7) is 7.27. The predicted molar refractivity (Wildman–Crippen MR) is 113 cm³/mol. The standard InChI is InChI=1S/C24H34N2O4/c1-4-25(5-2)23(29)19-12-13-26-22(28)18(14-24(19,26)30)21(27)20-15(3)10-11-16-8-6-7-9-17(16)20/h10-11,14-17,19-20,30H,4-9,12-13H2,1-3H3/t15-,16+,17-,19-,20?,24-/m0/s1. The molecule has 2 fully saturated rings. The highest BCUT2D eigenvalue weighted by atomic mass is 16.3. The minimum atomic E-state index is -1.68. The number of carbonyl (C=O) groups is 3. The van der Waals surface area contributed by atoms with Crippen molar-refractivity contribution in [2.24, 2.45) is 29.6 Å². The van der Waals surface area contributed by atoms with Crippen molar-refractivity contribution in [3.63, 3.8) is 0 Å². The van der Waals surface area contributed by atoms with Crippen molar-refractivity contribution in [3.05, 3.63) is 23.8 Å². The van der Waals surface area contributed by atoms with E-state index < -0.39 is 17.6 Å². The first-order valence-corrected chi connectivity index (χ1v) is 11.6. The van der Waals surface area contributed by atoms with E-state index in [4.69, 9.17) is 0 Å². The van der Waals surface area contributed by atoms with Gasteiger partial charge in [-0.05, 0) is 56.9 Å². The lowest BCUT2D eigenvalue weighted by atomic mass is 9.63. The molecule has 0 aromatic rings. The minimum absolute atomic E-state index is 0.0729. The smallest absolute Gasteiger partial charge is 0.259 e. The second kappa shape index (κ2) is 7.95. The number of rotatable bonds is 5. The fourth-order valence-corrected chi connectivity index (χ4v) is 6.25. The molecule has 6 heteroatoms. The summed E-state index contributed by atoms with van der Waals surface area (Å²) in [4.78, 5) is 42.8. The monoisotopic (exact) mass is 414 g/mol. The van der Waals surface area contributed by atoms with Crippen LogP contribution in [0.3, 0.4) is 0 Å². The van der Waals surface area contributed by atoms with Crippen LogP contribution >= 0.6 is 0 Å². The largest absolute Gasteiger partial charge is 0.366 e. The summed E-state index contributed by atoms with van der Waals surface area (Å²) in [6.07, 6.45) is 10.6. The van der Waals surface area contributed by atoms with Crippen LogP contribution in [-0.4, -0.2) is 57.9 Å². The van der Waals surface area contributed by atoms with E-state index in [1.807, 2.05) is 20.8 Å². The average molecular weight is 415 g/mol. The number of fused-ring (bicyclic) bond motifs is 2. The lowest BCUT2D eigenvalue weighted by molar-refractivity contribution is -0.151. The summed E-state index contributed by atoms with van der Waals surface area (Å²) in [5.74, 6) is -0.905. The molecule has 0 spiro atoms. The highest BCUT2D eigenvalue weighted by Crippen LogP contribution is 2.47. The normalized spacial score (nSPS) is 37.6. The van der Waals surface area contributed by atoms with Crippen LogP contribution < -0.4 is 0 Å². The fourth-order valence-electron chi connectivity index (χ4n) is 6.25. The van der Waals surface area contributed by atoms with Crippen LogP contribution in [-0.2, 0) is 14.4 Å². The van der Waals surface area contributed by atoms with Crippen molar-refractivity contribution >= 4 is 17.6 Å². The predicted octanol–water partition coefficient (Wildman–Crippen LogP) is 2.53. The van der Waals surface area contributed by atoms with E-state index in [1.165, 1.54) is 17.4 Å². The third kappa shape index (κ3) is 3.15. The Labute approximate surface area is 179 Å². The number of hydrogen-bond donors (Lipinski definition) is 1. The Bertz CT molecular complexity index is 799. The third-order valence-electron chi connectivity index (χ3n) is 7.92. The van der Waals surface area contributed by atoms with Gasteiger partial charge >= 0.3 is 0 Å². The Morgan fingerprint density at radius 3 is 2.57 bits per heavy atom. The number of ketones is 1. The number of nitrogens with zero attached hydrogens (tertiary/aromatic N) is 2. The van der Waals surface area contributed by atoms with Crippen molar-refractivity contribution in [1.82, 2.24) is 9.80 Å². The van der Waals surface area contributed by atoms with Gasteiger partial charge in [-0.25, -0.2) is 0 Å². The van der Waals surface area contributed by atoms with Gasteiger partial charge < -0.3 is 14.9 Å². The molecule has 6 nitrogen and oxygen atoms in total. The third-order valence-corrected chi connectivity index (χ3v) is 7.92. The maximum Gasteiger partial charge on any atom is 0.259 e. The molecule has 1 unspecified atom stereocenters. The molecule has 6 atom stereocenters. The quantitative estimate of drug-likeness (QED) is 0.554. The zero-order valence-corrected chi connectivity index (χ0v) is 18.3. The van der Waals surface area contributed by atoms with Crippen molar-refractivity contribution in [3.8, 4) is 0 Å². The molecular formula is C24H34N2O4. The molecule has 1 saturated heterocycles. The molecule has 4 aliphatic rings. The van der Waals surface area contributed by atoms with Gasteiger partial charge in [-0.1, -0.05) is 31.9 Å². The highest BCUT2D eigenvalue weighted by molar-refractivity contribution is 6.22. The van der Waals surface area contributed by atoms with Crippen molar-refractivity contribution in [2.45, 2.75) is 58.6 Å². The fraction of sp³-hybridized carbons (Fsp3) is 0.708. The first kappa shape index (κ1) is 21.3. The maximum absolute atomic E-state index is 13.6. The molecule has 0 bridgehead atoms. The van der Waals surface area contributed by atoms with Crippen LogP contribution in [0.25, 0.3) is 0 Å². The molecule has 4 rings (SSSR count). The molecule has 1 N–H and O–H groups in total. The number of carbonyl (C=O) groups excluding carboxylic acids is 3. The Balaban J connectivity index is 1.63. The maximum atomic E-state index is 13.6. The van der Waals surface area contributed by atoms with E-state index in [0.717, 1.165) is 19.3 Å². The molecule has 0 radical (unpaired) electrons. The Kier molecular flexibility index (Phi) is 5.64. The van der Waals surface area contributed by atoms with Gasteiger partial charge in [-0.2, -0.15) is 0 Å². The average Bonchev–Trinajstić information content (AvgIpc) is 3.20. The van der Waals surface area contributed by atoms with Crippen LogP contribution in [0.4, 0.5) is 0 Å². The van der Waals surface area contributed by atoms with Crippen molar-refractivity contribution < 1.29 is 19.5 Å². The minimum Gasteiger partial charge on any atom is -0.366 e. The molecule has 2 heterocycles. The van der Waals surface area contributed by atoms with Gasteiger partial charge in [0, 0.05) is 25.6 Å². The first-order chi connectivity index (χ1) is 14.3. The molecule has 1 saturated carbocycles. The van der Waals surface area contributed by atoms with E-state index in [-0.39, 0.29) is 35.0 Å². The van der Waals surface area contributed by atoms with E-state index in [1.54, 1.807) is 4.90 Å². The number of allylic oxidation sites excluding steroid dienone is 2. The topological polar surface area (TPSA) is 77.9 Å². The zero-order chi connectivity index (χ0) is 21.6.